The van der Waals surface area contributed by atoms with Gasteiger partial charge in [-0.25, -0.2) is 0 Å². The number of nitrogens with one attached hydrogen (secondary N) is 2. The molecule has 0 saturated heterocycles. The maximum Gasteiger partial charge on any atom is 0.239 e. The molecule has 0 radical (unpaired) electrons. The van der Waals surface area contributed by atoms with Gasteiger partial charge in [0.15, 0.2) is 0 Å². The minimum absolute atomic E-state index is 0.0162. The van der Waals surface area contributed by atoms with Gasteiger partial charge in [0.05, 0.1) is 17.3 Å². The molecular weight excluding hydrogens is 483 g/mol. The van der Waals surface area contributed by atoms with E-state index in [0.717, 1.165) is 18.6 Å². The number of rotatable bonds is 12. The third-order valence-electron chi connectivity index (χ3n) is 6.71. The predicted molar refractivity (Wildman–Crippen MR) is 147 cm³/mol. The number of ether oxygens (including phenoxy) is 1. The standard InChI is InChI=1S/C28H38Cl2N2O3/c1-7-27(3,4)19-11-14-24(21(16-19)28(5,6)8-2)35-15-9-10-25(33)31-20-12-13-22(30)23(17-20)32-26(34)18-29/h11-14,16-17H,7-10,15,18H2,1-6H3,(H,31,33)(H,32,34). The van der Waals surface area contributed by atoms with Crippen molar-refractivity contribution in [3.63, 3.8) is 0 Å². The van der Waals surface area contributed by atoms with Crippen LogP contribution in [0.25, 0.3) is 0 Å². The maximum absolute atomic E-state index is 12.5. The molecular formula is C28H38Cl2N2O3. The summed E-state index contributed by atoms with van der Waals surface area (Å²) in [5.74, 6) is 0.194. The van der Waals surface area contributed by atoms with E-state index < -0.39 is 0 Å². The van der Waals surface area contributed by atoms with Gasteiger partial charge >= 0.3 is 0 Å². The van der Waals surface area contributed by atoms with Crippen LogP contribution in [0.4, 0.5) is 11.4 Å². The molecule has 192 valence electrons. The van der Waals surface area contributed by atoms with Crippen LogP contribution in [0, 0.1) is 0 Å². The van der Waals surface area contributed by atoms with Gasteiger partial charge in [-0.2, -0.15) is 0 Å². The van der Waals surface area contributed by atoms with Crippen LogP contribution >= 0.6 is 23.2 Å². The summed E-state index contributed by atoms with van der Waals surface area (Å²) < 4.78 is 6.16. The summed E-state index contributed by atoms with van der Waals surface area (Å²) in [6.07, 6.45) is 2.93. The average molecular weight is 522 g/mol. The van der Waals surface area contributed by atoms with Crippen LogP contribution in [0.5, 0.6) is 5.75 Å². The van der Waals surface area contributed by atoms with Crippen molar-refractivity contribution in [2.75, 3.05) is 23.1 Å². The van der Waals surface area contributed by atoms with Crippen molar-refractivity contribution >= 4 is 46.4 Å². The number of benzene rings is 2. The van der Waals surface area contributed by atoms with Crippen molar-refractivity contribution < 1.29 is 14.3 Å². The fourth-order valence-electron chi connectivity index (χ4n) is 3.52. The molecule has 0 aliphatic rings. The number of amides is 2. The molecule has 0 aromatic heterocycles. The summed E-state index contributed by atoms with van der Waals surface area (Å²) in [6, 6.07) is 11.4. The average Bonchev–Trinajstić information content (AvgIpc) is 2.83. The van der Waals surface area contributed by atoms with E-state index in [1.165, 1.54) is 11.1 Å². The lowest BCUT2D eigenvalue weighted by Gasteiger charge is -2.30. The monoisotopic (exact) mass is 520 g/mol. The molecule has 5 nitrogen and oxygen atoms in total. The van der Waals surface area contributed by atoms with Crippen molar-refractivity contribution in [2.45, 2.75) is 78.1 Å². The Kier molecular flexibility index (Phi) is 10.5. The first-order chi connectivity index (χ1) is 16.4. The molecule has 0 aliphatic carbocycles. The second-order valence-electron chi connectivity index (χ2n) is 10.1. The van der Waals surface area contributed by atoms with Gasteiger partial charge in [0.1, 0.15) is 11.6 Å². The molecule has 2 amide bonds. The van der Waals surface area contributed by atoms with Crippen molar-refractivity contribution in [2.24, 2.45) is 0 Å². The van der Waals surface area contributed by atoms with Gasteiger partial charge in [-0.3, -0.25) is 9.59 Å². The smallest absolute Gasteiger partial charge is 0.239 e. The first-order valence-electron chi connectivity index (χ1n) is 12.2. The van der Waals surface area contributed by atoms with Crippen LogP contribution in [-0.4, -0.2) is 24.3 Å². The van der Waals surface area contributed by atoms with E-state index in [2.05, 4.69) is 70.4 Å². The molecule has 0 spiro atoms. The number of hydrogen-bond donors (Lipinski definition) is 2. The number of halogens is 2. The molecule has 7 heteroatoms. The molecule has 2 rings (SSSR count). The molecule has 35 heavy (non-hydrogen) atoms. The largest absolute Gasteiger partial charge is 0.493 e. The fourth-order valence-corrected chi connectivity index (χ4v) is 3.75. The van der Waals surface area contributed by atoms with Gasteiger partial charge in [-0.15, -0.1) is 11.6 Å². The second-order valence-corrected chi connectivity index (χ2v) is 10.7. The van der Waals surface area contributed by atoms with Gasteiger partial charge in [-0.1, -0.05) is 65.3 Å². The lowest BCUT2D eigenvalue weighted by Crippen LogP contribution is -2.21. The summed E-state index contributed by atoms with van der Waals surface area (Å²) in [4.78, 5) is 24.0. The lowest BCUT2D eigenvalue weighted by atomic mass is 9.76. The quantitative estimate of drug-likeness (QED) is 0.222. The Labute approximate surface area is 219 Å². The molecule has 0 unspecified atom stereocenters. The zero-order valence-electron chi connectivity index (χ0n) is 21.7. The topological polar surface area (TPSA) is 67.4 Å². The van der Waals surface area contributed by atoms with Crippen LogP contribution in [-0.2, 0) is 20.4 Å². The molecule has 0 saturated carbocycles. The second kappa shape index (κ2) is 12.6. The zero-order chi connectivity index (χ0) is 26.2. The van der Waals surface area contributed by atoms with Gasteiger partial charge in [-0.05, 0) is 59.9 Å². The highest BCUT2D eigenvalue weighted by molar-refractivity contribution is 6.35. The number of carbonyl (C=O) groups is 2. The number of anilines is 2. The minimum Gasteiger partial charge on any atom is -0.493 e. The van der Waals surface area contributed by atoms with E-state index in [1.54, 1.807) is 18.2 Å². The molecule has 2 N–H and O–H groups in total. The van der Waals surface area contributed by atoms with Gasteiger partial charge < -0.3 is 15.4 Å². The van der Waals surface area contributed by atoms with E-state index >= 15 is 0 Å². The van der Waals surface area contributed by atoms with Crippen molar-refractivity contribution in [1.29, 1.82) is 0 Å². The third-order valence-corrected chi connectivity index (χ3v) is 7.28. The molecule has 0 aliphatic heterocycles. The molecule has 0 fully saturated rings. The van der Waals surface area contributed by atoms with Gasteiger partial charge in [0.2, 0.25) is 11.8 Å². The first-order valence-corrected chi connectivity index (χ1v) is 13.1. The van der Waals surface area contributed by atoms with Gasteiger partial charge in [0, 0.05) is 17.7 Å². The summed E-state index contributed by atoms with van der Waals surface area (Å²) in [5, 5.41) is 5.82. The Morgan fingerprint density at radius 3 is 2.23 bits per heavy atom. The molecule has 0 atom stereocenters. The Balaban J connectivity index is 2.00. The first kappa shape index (κ1) is 29.0. The number of alkyl halides is 1. The Morgan fingerprint density at radius 1 is 0.914 bits per heavy atom. The normalized spacial score (nSPS) is 11.8. The van der Waals surface area contributed by atoms with E-state index in [-0.39, 0.29) is 28.5 Å². The van der Waals surface area contributed by atoms with Crippen LogP contribution in [0.15, 0.2) is 36.4 Å². The molecule has 0 bridgehead atoms. The van der Waals surface area contributed by atoms with E-state index in [0.29, 0.717) is 35.8 Å². The predicted octanol–water partition coefficient (Wildman–Crippen LogP) is 7.69. The van der Waals surface area contributed by atoms with E-state index in [1.807, 2.05) is 0 Å². The molecule has 2 aromatic rings. The van der Waals surface area contributed by atoms with Crippen molar-refractivity contribution in [3.05, 3.63) is 52.5 Å². The lowest BCUT2D eigenvalue weighted by molar-refractivity contribution is -0.116. The Bertz CT molecular complexity index is 1030. The Morgan fingerprint density at radius 2 is 1.60 bits per heavy atom. The highest BCUT2D eigenvalue weighted by Crippen LogP contribution is 2.38. The minimum atomic E-state index is -0.369. The zero-order valence-corrected chi connectivity index (χ0v) is 23.2. The number of carbonyl (C=O) groups excluding carboxylic acids is 2. The van der Waals surface area contributed by atoms with Crippen LogP contribution in [0.2, 0.25) is 5.02 Å². The van der Waals surface area contributed by atoms with Crippen molar-refractivity contribution in [3.8, 4) is 5.75 Å². The SMILES string of the molecule is CCC(C)(C)c1ccc(OCCCC(=O)Nc2ccc(Cl)c(NC(=O)CCl)c2)c(C(C)(C)CC)c1. The van der Waals surface area contributed by atoms with E-state index in [4.69, 9.17) is 27.9 Å². The highest BCUT2D eigenvalue weighted by Gasteiger charge is 2.26. The van der Waals surface area contributed by atoms with Crippen LogP contribution in [0.3, 0.4) is 0 Å². The summed E-state index contributed by atoms with van der Waals surface area (Å²) >= 11 is 11.6. The van der Waals surface area contributed by atoms with E-state index in [9.17, 15) is 9.59 Å². The van der Waals surface area contributed by atoms with Crippen LogP contribution < -0.4 is 15.4 Å². The van der Waals surface area contributed by atoms with Crippen LogP contribution in [0.1, 0.15) is 78.4 Å². The maximum atomic E-state index is 12.5. The molecule has 0 heterocycles. The van der Waals surface area contributed by atoms with Gasteiger partial charge in [0.25, 0.3) is 0 Å². The summed E-state index contributed by atoms with van der Waals surface area (Å²) in [5.41, 5.74) is 3.55. The highest BCUT2D eigenvalue weighted by atomic mass is 35.5. The summed E-state index contributed by atoms with van der Waals surface area (Å²) in [6.45, 7) is 13.8. The molecule has 2 aromatic carbocycles. The van der Waals surface area contributed by atoms with Crippen molar-refractivity contribution in [1.82, 2.24) is 0 Å². The number of hydrogen-bond acceptors (Lipinski definition) is 3. The summed E-state index contributed by atoms with van der Waals surface area (Å²) in [7, 11) is 0. The fraction of sp³-hybridized carbons (Fsp3) is 0.500. The Hall–Kier alpha value is -2.24. The third kappa shape index (κ3) is 8.15.